The lowest BCUT2D eigenvalue weighted by Crippen LogP contribution is -2.65. The molecule has 15 heteroatoms. The fourth-order valence-electron chi connectivity index (χ4n) is 16.0. The quantitative estimate of drug-likeness (QED) is 0.0525. The number of aliphatic hydroxyl groups excluding tert-OH is 1. The van der Waals surface area contributed by atoms with Crippen LogP contribution in [0.5, 0.6) is 0 Å². The van der Waals surface area contributed by atoms with Gasteiger partial charge in [0.05, 0.1) is 70.7 Å². The molecule has 0 aromatic carbocycles. The second-order valence-corrected chi connectivity index (χ2v) is 30.2. The Morgan fingerprint density at radius 2 is 0.893 bits per heavy atom. The van der Waals surface area contributed by atoms with Crippen molar-refractivity contribution < 1.29 is 38.5 Å². The van der Waals surface area contributed by atoms with Crippen molar-refractivity contribution >= 4 is 0 Å². The Balaban J connectivity index is 1.14. The largest absolute Gasteiger partial charge is 0.389 e. The molecule has 0 aromatic rings. The van der Waals surface area contributed by atoms with E-state index in [1.807, 2.05) is 0 Å². The number of ether oxygens (including phenoxy) is 5. The van der Waals surface area contributed by atoms with Crippen molar-refractivity contribution in [1.82, 2.24) is 36.3 Å². The van der Waals surface area contributed by atoms with Crippen LogP contribution in [0.25, 0.3) is 0 Å². The molecule has 0 aromatic heterocycles. The van der Waals surface area contributed by atoms with Gasteiger partial charge >= 0.3 is 0 Å². The van der Waals surface area contributed by atoms with Crippen LogP contribution in [0.4, 0.5) is 0 Å². The maximum Gasteiger partial charge on any atom is 0.118 e. The molecule has 5 aliphatic heterocycles. The van der Waals surface area contributed by atoms with E-state index in [4.69, 9.17) is 33.4 Å². The number of hydroxylamine groups is 4. The minimum atomic E-state index is -0.593. The van der Waals surface area contributed by atoms with Crippen molar-refractivity contribution in [2.24, 2.45) is 0 Å². The van der Waals surface area contributed by atoms with Gasteiger partial charge in [0.25, 0.3) is 0 Å². The molecule has 0 spiro atoms. The minimum Gasteiger partial charge on any atom is -0.389 e. The van der Waals surface area contributed by atoms with E-state index in [0.717, 1.165) is 103 Å². The fourth-order valence-corrected chi connectivity index (χ4v) is 16.0. The molecule has 0 bridgehead atoms. The molecule has 0 amide bonds. The maximum atomic E-state index is 11.8. The maximum absolute atomic E-state index is 11.8. The Kier molecular flexibility index (Phi) is 22.0. The standard InChI is InChI=1S/C60H119N7O8/c1-43(40-71-49-35-55(11,12)66(69-21)56(13,14)36-49)74-59(19)30-45(29-51(3,4)63-59)61-27-25-23-24-26-28-65(39-47(68)42-73-48-33-53(7,8)62-54(9,10)34-48)46-31-52(5,6)64-60(20,32-46)75-44(2)41-72-50-37-57(15,16)67(70-22)58(17,18)38-50/h43-50,61-64,68H,23-42H2,1-22H3. The van der Waals surface area contributed by atoms with E-state index in [-0.39, 0.29) is 80.9 Å². The summed E-state index contributed by atoms with van der Waals surface area (Å²) in [4.78, 5) is 14.2. The van der Waals surface area contributed by atoms with Crippen molar-refractivity contribution in [1.29, 1.82) is 0 Å². The molecule has 0 radical (unpaired) electrons. The summed E-state index contributed by atoms with van der Waals surface area (Å²) in [5.74, 6) is 0. The van der Waals surface area contributed by atoms with Crippen LogP contribution in [0.3, 0.4) is 0 Å². The van der Waals surface area contributed by atoms with E-state index in [2.05, 4.69) is 175 Å². The molecule has 0 saturated carbocycles. The first kappa shape index (κ1) is 65.2. The van der Waals surface area contributed by atoms with Crippen LogP contribution in [-0.4, -0.2) is 178 Å². The first-order valence-corrected chi connectivity index (χ1v) is 29.7. The van der Waals surface area contributed by atoms with Crippen LogP contribution >= 0.6 is 0 Å². The summed E-state index contributed by atoms with van der Waals surface area (Å²) in [7, 11) is 3.55. The minimum absolute atomic E-state index is 0.0201. The number of unbranched alkanes of at least 4 members (excludes halogenated alkanes) is 3. The van der Waals surface area contributed by atoms with E-state index in [1.165, 1.54) is 0 Å². The van der Waals surface area contributed by atoms with Crippen molar-refractivity contribution in [2.45, 2.75) is 333 Å². The highest BCUT2D eigenvalue weighted by Gasteiger charge is 2.50. The molecule has 5 saturated heterocycles. The Morgan fingerprint density at radius 3 is 1.36 bits per heavy atom. The Labute approximate surface area is 459 Å². The monoisotopic (exact) mass is 1070 g/mol. The summed E-state index contributed by atoms with van der Waals surface area (Å²) in [5, 5.41) is 31.6. The van der Waals surface area contributed by atoms with Gasteiger partial charge in [-0.3, -0.25) is 15.5 Å². The van der Waals surface area contributed by atoms with Gasteiger partial charge in [0, 0.05) is 75.8 Å². The summed E-state index contributed by atoms with van der Waals surface area (Å²) >= 11 is 0. The van der Waals surface area contributed by atoms with Crippen LogP contribution in [0.15, 0.2) is 0 Å². The highest BCUT2D eigenvalue weighted by molar-refractivity contribution is 5.03. The molecular formula is C60H119N7O8. The van der Waals surface area contributed by atoms with Crippen LogP contribution in [0, 0.1) is 0 Å². The van der Waals surface area contributed by atoms with Gasteiger partial charge in [-0.05, 0) is 216 Å². The van der Waals surface area contributed by atoms with E-state index in [9.17, 15) is 5.11 Å². The normalized spacial score (nSPS) is 32.3. The third kappa shape index (κ3) is 19.5. The molecular weight excluding hydrogens is 947 g/mol. The van der Waals surface area contributed by atoms with Crippen molar-refractivity contribution in [3.63, 3.8) is 0 Å². The van der Waals surface area contributed by atoms with Crippen LogP contribution in [0.1, 0.15) is 228 Å². The average Bonchev–Trinajstić information content (AvgIpc) is 3.19. The van der Waals surface area contributed by atoms with Gasteiger partial charge in [0.1, 0.15) is 11.4 Å². The molecule has 5 aliphatic rings. The van der Waals surface area contributed by atoms with Gasteiger partial charge in [0.2, 0.25) is 0 Å². The summed E-state index contributed by atoms with van der Waals surface area (Å²) < 4.78 is 33.6. The third-order valence-corrected chi connectivity index (χ3v) is 16.9. The van der Waals surface area contributed by atoms with Gasteiger partial charge in [-0.2, -0.15) is 10.1 Å². The summed E-state index contributed by atoms with van der Waals surface area (Å²) in [5.41, 5.74) is -1.85. The highest BCUT2D eigenvalue weighted by atomic mass is 16.7. The topological polar surface area (TPSA) is 143 Å². The fraction of sp³-hybridized carbons (Fsp3) is 1.00. The Bertz CT molecular complexity index is 1710. The first-order valence-electron chi connectivity index (χ1n) is 29.7. The smallest absolute Gasteiger partial charge is 0.118 e. The molecule has 5 rings (SSSR count). The molecule has 5 N–H and O–H groups in total. The van der Waals surface area contributed by atoms with Crippen LogP contribution in [0.2, 0.25) is 0 Å². The Hall–Kier alpha value is -0.600. The molecule has 442 valence electrons. The first-order chi connectivity index (χ1) is 34.3. The summed E-state index contributed by atoms with van der Waals surface area (Å²) in [6.07, 6.45) is 13.2. The SMILES string of the molecule is CON1C(C)(C)CC(OCC(C)OC2(C)CC(NCCCCCCN(CC(O)COC3CC(C)(C)NC(C)(C)C3)C3CC(C)(C)NC(C)(OC(C)COC4CC(C)(C)N(OC)C(C)(C)C4)C3)CC(C)(C)N2)CC1(C)C. The van der Waals surface area contributed by atoms with Gasteiger partial charge in [0.15, 0.2) is 0 Å². The Morgan fingerprint density at radius 1 is 0.493 bits per heavy atom. The predicted octanol–water partition coefficient (Wildman–Crippen LogP) is 9.63. The molecule has 15 nitrogen and oxygen atoms in total. The molecule has 7 atom stereocenters. The van der Waals surface area contributed by atoms with Crippen LogP contribution < -0.4 is 21.3 Å². The zero-order chi connectivity index (χ0) is 56.3. The van der Waals surface area contributed by atoms with Gasteiger partial charge in [-0.25, -0.2) is 0 Å². The number of hydrogen-bond donors (Lipinski definition) is 5. The molecule has 0 aliphatic carbocycles. The van der Waals surface area contributed by atoms with E-state index < -0.39 is 17.6 Å². The van der Waals surface area contributed by atoms with Crippen molar-refractivity contribution in [3.8, 4) is 0 Å². The lowest BCUT2D eigenvalue weighted by molar-refractivity contribution is -0.282. The molecule has 5 heterocycles. The predicted molar refractivity (Wildman–Crippen MR) is 305 cm³/mol. The second kappa shape index (κ2) is 25.3. The van der Waals surface area contributed by atoms with E-state index >= 15 is 0 Å². The molecule has 5 fully saturated rings. The lowest BCUT2D eigenvalue weighted by atomic mass is 9.80. The summed E-state index contributed by atoms with van der Waals surface area (Å²) in [6.45, 7) is 48.7. The molecule has 7 unspecified atom stereocenters. The third-order valence-electron chi connectivity index (χ3n) is 16.9. The zero-order valence-corrected chi connectivity index (χ0v) is 52.4. The van der Waals surface area contributed by atoms with E-state index in [0.29, 0.717) is 32.4 Å². The summed E-state index contributed by atoms with van der Waals surface area (Å²) in [6, 6.07) is 0.568. The number of hydrogen-bond acceptors (Lipinski definition) is 15. The second-order valence-electron chi connectivity index (χ2n) is 30.2. The van der Waals surface area contributed by atoms with Crippen molar-refractivity contribution in [3.05, 3.63) is 0 Å². The number of nitrogens with zero attached hydrogens (tertiary/aromatic N) is 3. The lowest BCUT2D eigenvalue weighted by Gasteiger charge is -2.53. The van der Waals surface area contributed by atoms with Gasteiger partial charge in [-0.1, -0.05) is 12.8 Å². The van der Waals surface area contributed by atoms with Gasteiger partial charge < -0.3 is 49.1 Å². The number of aliphatic hydroxyl groups is 1. The number of piperidine rings is 5. The van der Waals surface area contributed by atoms with Crippen LogP contribution in [-0.2, 0) is 33.4 Å². The van der Waals surface area contributed by atoms with Gasteiger partial charge in [-0.15, -0.1) is 0 Å². The number of nitrogens with one attached hydrogen (secondary N) is 4. The van der Waals surface area contributed by atoms with Crippen molar-refractivity contribution in [2.75, 3.05) is 53.7 Å². The average molecular weight is 1070 g/mol. The molecule has 75 heavy (non-hydrogen) atoms. The zero-order valence-electron chi connectivity index (χ0n) is 52.4. The van der Waals surface area contributed by atoms with E-state index in [1.54, 1.807) is 14.2 Å². The number of rotatable bonds is 26. The highest BCUT2D eigenvalue weighted by Crippen LogP contribution is 2.42.